The Morgan fingerprint density at radius 3 is 2.20 bits per heavy atom. The largest absolute Gasteiger partial charge is 0.0853 e. The molecule has 8 atom stereocenters. The van der Waals surface area contributed by atoms with Gasteiger partial charge in [0, 0.05) is 0 Å². The summed E-state index contributed by atoms with van der Waals surface area (Å²) in [4.78, 5) is 0. The summed E-state index contributed by atoms with van der Waals surface area (Å²) in [5.74, 6) is 6.17. The SMILES string of the molecule is CCC(CC)C(C)CC=C(C)CCCCC1(CC)CCC2(C(C)(CC3CCC(C)(C(C)C)CC(C)C3)C(C)C)CC12. The first kappa shape index (κ1) is 35.2. The number of unbranched alkanes of at least 4 members (excludes halogenated alkanes) is 1. The van der Waals surface area contributed by atoms with Crippen LogP contribution < -0.4 is 0 Å². The number of allylic oxidation sites excluding steroid dienone is 2. The van der Waals surface area contributed by atoms with Crippen LogP contribution in [0.4, 0.5) is 0 Å². The normalized spacial score (nSPS) is 36.5. The van der Waals surface area contributed by atoms with Crippen molar-refractivity contribution in [2.24, 2.45) is 63.1 Å². The van der Waals surface area contributed by atoms with E-state index in [0.717, 1.165) is 41.4 Å². The van der Waals surface area contributed by atoms with Crippen LogP contribution in [-0.2, 0) is 0 Å². The predicted molar refractivity (Wildman–Crippen MR) is 184 cm³/mol. The van der Waals surface area contributed by atoms with Gasteiger partial charge in [0.05, 0.1) is 0 Å². The Morgan fingerprint density at radius 1 is 0.951 bits per heavy atom. The molecule has 0 heterocycles. The summed E-state index contributed by atoms with van der Waals surface area (Å²) < 4.78 is 0. The van der Waals surface area contributed by atoms with Crippen molar-refractivity contribution in [2.75, 3.05) is 0 Å². The molecule has 3 aliphatic carbocycles. The molecule has 3 rings (SSSR count). The molecule has 3 saturated carbocycles. The summed E-state index contributed by atoms with van der Waals surface area (Å²) in [7, 11) is 0. The van der Waals surface area contributed by atoms with Gasteiger partial charge in [0.25, 0.3) is 0 Å². The van der Waals surface area contributed by atoms with Crippen LogP contribution in [-0.4, -0.2) is 0 Å². The zero-order valence-electron chi connectivity index (χ0n) is 30.4. The van der Waals surface area contributed by atoms with Crippen LogP contribution in [0.3, 0.4) is 0 Å². The second kappa shape index (κ2) is 14.2. The molecule has 8 unspecified atom stereocenters. The van der Waals surface area contributed by atoms with E-state index in [4.69, 9.17) is 0 Å². The molecule has 0 aliphatic heterocycles. The van der Waals surface area contributed by atoms with Gasteiger partial charge in [-0.2, -0.15) is 0 Å². The van der Waals surface area contributed by atoms with Crippen molar-refractivity contribution < 1.29 is 0 Å². The van der Waals surface area contributed by atoms with Crippen molar-refractivity contribution in [3.05, 3.63) is 11.6 Å². The molecular formula is C41H76. The Hall–Kier alpha value is -0.260. The highest BCUT2D eigenvalue weighted by Gasteiger charge is 2.73. The maximum atomic E-state index is 2.78. The van der Waals surface area contributed by atoms with Gasteiger partial charge in [-0.25, -0.2) is 0 Å². The number of fused-ring (bicyclic) bond motifs is 1. The van der Waals surface area contributed by atoms with E-state index in [0.29, 0.717) is 21.7 Å². The Labute approximate surface area is 260 Å². The first-order valence-corrected chi connectivity index (χ1v) is 18.9. The third-order valence-electron chi connectivity index (χ3n) is 15.0. The highest BCUT2D eigenvalue weighted by atomic mass is 14.8. The molecular weight excluding hydrogens is 492 g/mol. The average Bonchev–Trinajstić information content (AvgIpc) is 3.62. The smallest absolute Gasteiger partial charge is 0.0204 e. The summed E-state index contributed by atoms with van der Waals surface area (Å²) in [6, 6.07) is 0. The van der Waals surface area contributed by atoms with E-state index in [-0.39, 0.29) is 0 Å². The van der Waals surface area contributed by atoms with Gasteiger partial charge in [0.2, 0.25) is 0 Å². The second-order valence-corrected chi connectivity index (χ2v) is 17.7. The molecule has 0 spiro atoms. The molecule has 0 bridgehead atoms. The Kier molecular flexibility index (Phi) is 12.2. The minimum Gasteiger partial charge on any atom is -0.0853 e. The van der Waals surface area contributed by atoms with Crippen LogP contribution in [0.25, 0.3) is 0 Å². The van der Waals surface area contributed by atoms with Crippen molar-refractivity contribution in [1.82, 2.24) is 0 Å². The lowest BCUT2D eigenvalue weighted by Crippen LogP contribution is -2.37. The molecule has 0 saturated heterocycles. The van der Waals surface area contributed by atoms with Gasteiger partial charge in [-0.05, 0) is 147 Å². The Morgan fingerprint density at radius 2 is 1.63 bits per heavy atom. The molecule has 0 nitrogen and oxygen atoms in total. The standard InChI is InChI=1S/C41H76/c1-13-36(14-2)34(10)20-19-32(8)18-16-17-22-40(15-3)24-25-41(29-37(40)41)39(12,31(6)7)28-35-21-23-38(11,30(4)5)27-33(9)26-35/h19,30-31,33-37H,13-18,20-29H2,1-12H3. The summed E-state index contributed by atoms with van der Waals surface area (Å²) in [6.07, 6.45) is 25.6. The fraction of sp³-hybridized carbons (Fsp3) is 0.951. The first-order valence-electron chi connectivity index (χ1n) is 18.9. The van der Waals surface area contributed by atoms with E-state index in [1.807, 2.05) is 0 Å². The van der Waals surface area contributed by atoms with Gasteiger partial charge < -0.3 is 0 Å². The molecule has 0 amide bonds. The van der Waals surface area contributed by atoms with E-state index in [2.05, 4.69) is 89.2 Å². The number of rotatable bonds is 16. The molecule has 41 heavy (non-hydrogen) atoms. The minimum atomic E-state index is 0.516. The molecule has 0 aromatic heterocycles. The highest BCUT2D eigenvalue weighted by molar-refractivity contribution is 5.22. The number of hydrogen-bond acceptors (Lipinski definition) is 0. The van der Waals surface area contributed by atoms with Gasteiger partial charge in [0.1, 0.15) is 0 Å². The summed E-state index contributed by atoms with van der Waals surface area (Å²) >= 11 is 0. The van der Waals surface area contributed by atoms with E-state index in [9.17, 15) is 0 Å². The van der Waals surface area contributed by atoms with Crippen LogP contribution >= 0.6 is 0 Å². The summed E-state index contributed by atoms with van der Waals surface area (Å²) in [6.45, 7) is 30.3. The lowest BCUT2D eigenvalue weighted by Gasteiger charge is -2.45. The first-order chi connectivity index (χ1) is 19.2. The van der Waals surface area contributed by atoms with Crippen LogP contribution in [0.5, 0.6) is 0 Å². The topological polar surface area (TPSA) is 0 Å². The van der Waals surface area contributed by atoms with Gasteiger partial charge in [-0.1, -0.05) is 113 Å². The van der Waals surface area contributed by atoms with Gasteiger partial charge in [-0.15, -0.1) is 0 Å². The third kappa shape index (κ3) is 7.52. The van der Waals surface area contributed by atoms with Gasteiger partial charge in [0.15, 0.2) is 0 Å². The van der Waals surface area contributed by atoms with Crippen molar-refractivity contribution in [1.29, 1.82) is 0 Å². The summed E-state index contributed by atoms with van der Waals surface area (Å²) in [5, 5.41) is 0. The fourth-order valence-electron chi connectivity index (χ4n) is 11.0. The maximum Gasteiger partial charge on any atom is -0.0204 e. The summed E-state index contributed by atoms with van der Waals surface area (Å²) in [5.41, 5.74) is 4.01. The second-order valence-electron chi connectivity index (χ2n) is 17.7. The lowest BCUT2D eigenvalue weighted by atomic mass is 9.60. The molecule has 3 aliphatic rings. The predicted octanol–water partition coefficient (Wildman–Crippen LogP) is 13.7. The van der Waals surface area contributed by atoms with E-state index in [1.54, 1.807) is 12.0 Å². The van der Waals surface area contributed by atoms with Crippen molar-refractivity contribution in [3.8, 4) is 0 Å². The van der Waals surface area contributed by atoms with Crippen molar-refractivity contribution >= 4 is 0 Å². The zero-order valence-corrected chi connectivity index (χ0v) is 30.4. The minimum absolute atomic E-state index is 0.516. The van der Waals surface area contributed by atoms with Gasteiger partial charge >= 0.3 is 0 Å². The zero-order chi connectivity index (χ0) is 30.6. The van der Waals surface area contributed by atoms with Crippen molar-refractivity contribution in [2.45, 2.75) is 186 Å². The molecule has 0 aromatic rings. The maximum absolute atomic E-state index is 2.78. The van der Waals surface area contributed by atoms with E-state index in [1.165, 1.54) is 96.3 Å². The molecule has 240 valence electrons. The number of hydrogen-bond donors (Lipinski definition) is 0. The van der Waals surface area contributed by atoms with Crippen LogP contribution in [0.2, 0.25) is 0 Å². The van der Waals surface area contributed by atoms with Crippen LogP contribution in [0, 0.1) is 63.1 Å². The van der Waals surface area contributed by atoms with Gasteiger partial charge in [-0.3, -0.25) is 0 Å². The fourth-order valence-corrected chi connectivity index (χ4v) is 11.0. The van der Waals surface area contributed by atoms with Crippen molar-refractivity contribution in [3.63, 3.8) is 0 Å². The van der Waals surface area contributed by atoms with E-state index >= 15 is 0 Å². The lowest BCUT2D eigenvalue weighted by molar-refractivity contribution is 0.0425. The molecule has 3 fully saturated rings. The Balaban J connectivity index is 1.60. The average molecular weight is 569 g/mol. The monoisotopic (exact) mass is 569 g/mol. The third-order valence-corrected chi connectivity index (χ3v) is 15.0. The molecule has 0 radical (unpaired) electrons. The quantitative estimate of drug-likeness (QED) is 0.0986. The highest BCUT2D eigenvalue weighted by Crippen LogP contribution is 2.81. The molecule has 0 N–H and O–H groups in total. The molecule has 0 aromatic carbocycles. The van der Waals surface area contributed by atoms with Crippen LogP contribution in [0.15, 0.2) is 11.6 Å². The van der Waals surface area contributed by atoms with E-state index < -0.39 is 0 Å². The Bertz CT molecular complexity index is 829. The van der Waals surface area contributed by atoms with Crippen LogP contribution in [0.1, 0.15) is 186 Å². The molecule has 0 heteroatoms.